The third kappa shape index (κ3) is 3.40. The molecule has 1 aliphatic heterocycles. The van der Waals surface area contributed by atoms with E-state index in [0.717, 1.165) is 12.5 Å². The maximum atomic E-state index is 14.7. The lowest BCUT2D eigenvalue weighted by molar-refractivity contribution is 0.0987. The predicted molar refractivity (Wildman–Crippen MR) is 108 cm³/mol. The number of hydrogen-bond acceptors (Lipinski definition) is 5. The van der Waals surface area contributed by atoms with Crippen LogP contribution in [-0.4, -0.2) is 21.2 Å². The van der Waals surface area contributed by atoms with Crippen LogP contribution in [-0.2, 0) is 12.0 Å². The van der Waals surface area contributed by atoms with E-state index in [9.17, 15) is 13.6 Å². The van der Waals surface area contributed by atoms with E-state index in [2.05, 4.69) is 14.8 Å². The van der Waals surface area contributed by atoms with Crippen molar-refractivity contribution in [3.05, 3.63) is 69.8 Å². The van der Waals surface area contributed by atoms with Gasteiger partial charge in [0.05, 0.1) is 12.1 Å². The van der Waals surface area contributed by atoms with Crippen LogP contribution in [0.3, 0.4) is 0 Å². The molecular formula is C21H18F2N4OS. The number of pyridine rings is 1. The molecule has 2 aliphatic rings. The molecule has 1 saturated carbocycles. The molecule has 0 saturated heterocycles. The van der Waals surface area contributed by atoms with E-state index in [1.165, 1.54) is 24.0 Å². The van der Waals surface area contributed by atoms with Gasteiger partial charge in [-0.1, -0.05) is 11.8 Å². The summed E-state index contributed by atoms with van der Waals surface area (Å²) in [6.07, 6.45) is 2.04. The van der Waals surface area contributed by atoms with Gasteiger partial charge in [-0.05, 0) is 49.6 Å². The number of hydrogen-bond donors (Lipinski definition) is 1. The first kappa shape index (κ1) is 19.5. The fraction of sp³-hybridized carbons (Fsp3) is 0.333. The van der Waals surface area contributed by atoms with Crippen LogP contribution in [0.25, 0.3) is 4.85 Å². The lowest BCUT2D eigenvalue weighted by atomic mass is 9.85. The van der Waals surface area contributed by atoms with E-state index in [-0.39, 0.29) is 34.6 Å². The third-order valence-electron chi connectivity index (χ3n) is 5.52. The van der Waals surface area contributed by atoms with Crippen molar-refractivity contribution in [2.75, 3.05) is 0 Å². The lowest BCUT2D eigenvalue weighted by Crippen LogP contribution is -2.32. The maximum absolute atomic E-state index is 14.7. The Balaban J connectivity index is 1.69. The number of nitrogens with two attached hydrogens (primary N) is 1. The summed E-state index contributed by atoms with van der Waals surface area (Å²) in [7, 11) is 0. The zero-order chi connectivity index (χ0) is 20.9. The summed E-state index contributed by atoms with van der Waals surface area (Å²) in [5.74, 6) is -2.20. The molecule has 1 aliphatic carbocycles. The molecule has 2 heterocycles. The van der Waals surface area contributed by atoms with E-state index >= 15 is 0 Å². The van der Waals surface area contributed by atoms with Crippen molar-refractivity contribution in [2.45, 2.75) is 37.5 Å². The van der Waals surface area contributed by atoms with Gasteiger partial charge in [-0.15, -0.1) is 0 Å². The van der Waals surface area contributed by atoms with E-state index in [1.807, 2.05) is 0 Å². The fourth-order valence-corrected chi connectivity index (χ4v) is 5.23. The molecule has 0 bridgehead atoms. The van der Waals surface area contributed by atoms with Gasteiger partial charge in [0.25, 0.3) is 0 Å². The molecule has 29 heavy (non-hydrogen) atoms. The van der Waals surface area contributed by atoms with Gasteiger partial charge in [0, 0.05) is 29.3 Å². The highest BCUT2D eigenvalue weighted by Crippen LogP contribution is 2.57. The SMILES string of the molecule is [C-]#[N+]c1cnc(C(=O)Cc2cc(F)c(F)c([C@@]3(C)N=C(N)S[C@H]4C[C@H]43)c2)c(C)c1. The maximum Gasteiger partial charge on any atom is 0.205 e. The first-order valence-electron chi connectivity index (χ1n) is 9.10. The molecular weight excluding hydrogens is 394 g/mol. The number of thioether (sulfide) groups is 1. The van der Waals surface area contributed by atoms with Crippen LogP contribution < -0.4 is 5.73 Å². The number of aliphatic imine (C=N–C) groups is 1. The number of aromatic nitrogens is 1. The molecule has 4 rings (SSSR count). The first-order valence-corrected chi connectivity index (χ1v) is 9.98. The average Bonchev–Trinajstić information content (AvgIpc) is 3.44. The van der Waals surface area contributed by atoms with Crippen LogP contribution in [0, 0.1) is 31.0 Å². The van der Waals surface area contributed by atoms with Crippen LogP contribution >= 0.6 is 11.8 Å². The standard InChI is InChI=1S/C21H18F2N4OS/c1-10-4-12(25-3)9-26-19(10)16(28)7-11-5-14(18(23)15(22)6-11)21(2)13-8-17(13)29-20(24)27-21/h4-6,9,13,17H,7-8H2,1-2H3,(H2,24,27)/t13-,17+,21+/m1/s1. The third-order valence-corrected chi connectivity index (χ3v) is 6.68. The first-order chi connectivity index (χ1) is 13.7. The van der Waals surface area contributed by atoms with Gasteiger partial charge >= 0.3 is 0 Å². The fourth-order valence-electron chi connectivity index (χ4n) is 3.94. The Labute approximate surface area is 171 Å². The molecule has 1 fully saturated rings. The van der Waals surface area contributed by atoms with Crippen molar-refractivity contribution in [3.8, 4) is 0 Å². The van der Waals surface area contributed by atoms with Crippen molar-refractivity contribution in [1.29, 1.82) is 0 Å². The monoisotopic (exact) mass is 412 g/mol. The topological polar surface area (TPSA) is 72.7 Å². The summed E-state index contributed by atoms with van der Waals surface area (Å²) in [6, 6.07) is 4.13. The van der Waals surface area contributed by atoms with Gasteiger partial charge < -0.3 is 5.73 Å². The zero-order valence-corrected chi connectivity index (χ0v) is 16.7. The van der Waals surface area contributed by atoms with Crippen LogP contribution in [0.5, 0.6) is 0 Å². The Morgan fingerprint density at radius 3 is 2.86 bits per heavy atom. The van der Waals surface area contributed by atoms with Crippen molar-refractivity contribution in [2.24, 2.45) is 16.6 Å². The minimum Gasteiger partial charge on any atom is -0.379 e. The summed E-state index contributed by atoms with van der Waals surface area (Å²) < 4.78 is 29.1. The molecule has 0 spiro atoms. The Hall–Kier alpha value is -2.79. The summed E-state index contributed by atoms with van der Waals surface area (Å²) in [5, 5.41) is 0.630. The number of amidine groups is 1. The highest BCUT2D eigenvalue weighted by molar-refractivity contribution is 8.14. The predicted octanol–water partition coefficient (Wildman–Crippen LogP) is 4.31. The number of carbonyl (C=O) groups is 1. The molecule has 3 atom stereocenters. The number of ketones is 1. The average molecular weight is 412 g/mol. The second-order valence-electron chi connectivity index (χ2n) is 7.61. The van der Waals surface area contributed by atoms with Gasteiger partial charge in [0.2, 0.25) is 5.69 Å². The number of carbonyl (C=O) groups excluding carboxylic acids is 1. The molecule has 2 aromatic rings. The highest BCUT2D eigenvalue weighted by atomic mass is 32.2. The minimum absolute atomic E-state index is 0.0877. The number of aryl methyl sites for hydroxylation is 1. The number of benzene rings is 1. The number of fused-ring (bicyclic) bond motifs is 1. The Morgan fingerprint density at radius 1 is 1.41 bits per heavy atom. The Kier molecular flexibility index (Phi) is 4.66. The highest BCUT2D eigenvalue weighted by Gasteiger charge is 2.55. The molecule has 0 radical (unpaired) electrons. The number of halogens is 2. The van der Waals surface area contributed by atoms with Crippen LogP contribution in [0.4, 0.5) is 14.5 Å². The van der Waals surface area contributed by atoms with Crippen LogP contribution in [0.1, 0.15) is 40.5 Å². The minimum atomic E-state index is -1.01. The van der Waals surface area contributed by atoms with Gasteiger partial charge in [-0.2, -0.15) is 0 Å². The van der Waals surface area contributed by atoms with Gasteiger partial charge in [0.15, 0.2) is 22.6 Å². The Bertz CT molecular complexity index is 1110. The van der Waals surface area contributed by atoms with E-state index in [1.54, 1.807) is 19.9 Å². The van der Waals surface area contributed by atoms with E-state index in [0.29, 0.717) is 22.0 Å². The summed E-state index contributed by atoms with van der Waals surface area (Å²) in [4.78, 5) is 24.5. The van der Waals surface area contributed by atoms with Crippen molar-refractivity contribution >= 4 is 28.4 Å². The summed E-state index contributed by atoms with van der Waals surface area (Å²) in [5.41, 5.74) is 6.56. The van der Waals surface area contributed by atoms with Crippen LogP contribution in [0.2, 0.25) is 0 Å². The second kappa shape index (κ2) is 6.92. The quantitative estimate of drug-likeness (QED) is 0.600. The number of Topliss-reactive ketones (excluding diaryl/α,β-unsaturated/α-hetero) is 1. The smallest absolute Gasteiger partial charge is 0.205 e. The second-order valence-corrected chi connectivity index (χ2v) is 8.87. The Morgan fingerprint density at radius 2 is 2.17 bits per heavy atom. The van der Waals surface area contributed by atoms with Crippen molar-refractivity contribution in [3.63, 3.8) is 0 Å². The van der Waals surface area contributed by atoms with Gasteiger partial charge in [0.1, 0.15) is 5.69 Å². The largest absolute Gasteiger partial charge is 0.379 e. The van der Waals surface area contributed by atoms with Gasteiger partial charge in [-0.25, -0.2) is 13.6 Å². The van der Waals surface area contributed by atoms with Crippen molar-refractivity contribution in [1.82, 2.24) is 4.98 Å². The molecule has 5 nitrogen and oxygen atoms in total. The van der Waals surface area contributed by atoms with Crippen LogP contribution in [0.15, 0.2) is 29.4 Å². The van der Waals surface area contributed by atoms with E-state index in [4.69, 9.17) is 12.3 Å². The molecule has 148 valence electrons. The number of nitrogens with zero attached hydrogens (tertiary/aromatic N) is 3. The van der Waals surface area contributed by atoms with Crippen molar-refractivity contribution < 1.29 is 13.6 Å². The molecule has 1 aromatic carbocycles. The van der Waals surface area contributed by atoms with E-state index < -0.39 is 17.2 Å². The summed E-state index contributed by atoms with van der Waals surface area (Å²) >= 11 is 1.47. The normalized spacial score (nSPS) is 25.0. The summed E-state index contributed by atoms with van der Waals surface area (Å²) in [6.45, 7) is 10.5. The molecule has 2 N–H and O–H groups in total. The van der Waals surface area contributed by atoms with Gasteiger partial charge in [-0.3, -0.25) is 14.8 Å². The molecule has 0 amide bonds. The zero-order valence-electron chi connectivity index (χ0n) is 15.9. The molecule has 1 aromatic heterocycles. The number of rotatable bonds is 4. The lowest BCUT2D eigenvalue weighted by Gasteiger charge is -2.30. The molecule has 8 heteroatoms. The molecule has 0 unspecified atom stereocenters.